The van der Waals surface area contributed by atoms with Gasteiger partial charge in [0.2, 0.25) is 11.8 Å². The minimum Gasteiger partial charge on any atom is -0.351 e. The van der Waals surface area contributed by atoms with E-state index in [4.69, 9.17) is 0 Å². The molecule has 0 radical (unpaired) electrons. The van der Waals surface area contributed by atoms with Crippen molar-refractivity contribution in [3.8, 4) is 0 Å². The second-order valence-corrected chi connectivity index (χ2v) is 9.89. The van der Waals surface area contributed by atoms with Gasteiger partial charge in [0.15, 0.2) is 4.96 Å². The highest BCUT2D eigenvalue weighted by atomic mass is 32.1. The van der Waals surface area contributed by atoms with Gasteiger partial charge in [0.1, 0.15) is 4.88 Å². The summed E-state index contributed by atoms with van der Waals surface area (Å²) in [6.07, 6.45) is 6.74. The van der Waals surface area contributed by atoms with E-state index in [0.29, 0.717) is 30.3 Å². The zero-order valence-electron chi connectivity index (χ0n) is 17.7. The van der Waals surface area contributed by atoms with Crippen LogP contribution in [0.1, 0.15) is 54.9 Å². The molecule has 2 unspecified atom stereocenters. The number of fused-ring (bicyclic) bond motifs is 1. The van der Waals surface area contributed by atoms with Crippen LogP contribution in [0.5, 0.6) is 0 Å². The van der Waals surface area contributed by atoms with Gasteiger partial charge in [-0.1, -0.05) is 18.3 Å². The number of imidazole rings is 1. The van der Waals surface area contributed by atoms with E-state index in [9.17, 15) is 14.4 Å². The zero-order valence-corrected chi connectivity index (χ0v) is 18.6. The van der Waals surface area contributed by atoms with E-state index in [-0.39, 0.29) is 29.2 Å². The van der Waals surface area contributed by atoms with Crippen LogP contribution in [0, 0.1) is 18.8 Å². The number of carbonyl (C=O) groups excluding carboxylic acids is 3. The average molecular weight is 432 g/mol. The molecule has 0 aromatic carbocycles. The molecule has 0 bridgehead atoms. The number of carbonyl (C=O) groups is 3. The largest absolute Gasteiger partial charge is 0.351 e. The van der Waals surface area contributed by atoms with Gasteiger partial charge in [-0.05, 0) is 38.0 Å². The quantitative estimate of drug-likeness (QED) is 0.731. The van der Waals surface area contributed by atoms with E-state index in [1.165, 1.54) is 18.3 Å². The van der Waals surface area contributed by atoms with Gasteiger partial charge in [-0.3, -0.25) is 18.8 Å². The van der Waals surface area contributed by atoms with Crippen molar-refractivity contribution in [3.63, 3.8) is 0 Å². The molecule has 1 aliphatic carbocycles. The molecule has 30 heavy (non-hydrogen) atoms. The minimum atomic E-state index is -0.329. The van der Waals surface area contributed by atoms with Crippen LogP contribution >= 0.6 is 11.3 Å². The van der Waals surface area contributed by atoms with Crippen LogP contribution in [0.2, 0.25) is 0 Å². The fourth-order valence-electron chi connectivity index (χ4n) is 4.24. The summed E-state index contributed by atoms with van der Waals surface area (Å²) in [7, 11) is 0. The third-order valence-electron chi connectivity index (χ3n) is 6.28. The number of amides is 3. The summed E-state index contributed by atoms with van der Waals surface area (Å²) in [6.45, 7) is 7.53. The van der Waals surface area contributed by atoms with Crippen molar-refractivity contribution in [2.75, 3.05) is 19.6 Å². The van der Waals surface area contributed by atoms with E-state index < -0.39 is 0 Å². The van der Waals surface area contributed by atoms with Gasteiger partial charge in [0.25, 0.3) is 5.91 Å². The predicted octanol–water partition coefficient (Wildman–Crippen LogP) is 1.98. The maximum Gasteiger partial charge on any atom is 0.263 e. The molecule has 4 rings (SSSR count). The van der Waals surface area contributed by atoms with Crippen molar-refractivity contribution in [1.29, 1.82) is 0 Å². The molecule has 2 aromatic rings. The average Bonchev–Trinajstić information content (AvgIpc) is 3.14. The molecule has 2 aromatic heterocycles. The first-order chi connectivity index (χ1) is 14.2. The number of piperidine rings is 1. The first kappa shape index (κ1) is 20.8. The molecule has 1 aliphatic heterocycles. The Morgan fingerprint density at radius 1 is 1.30 bits per heavy atom. The third-order valence-corrected chi connectivity index (χ3v) is 7.27. The summed E-state index contributed by atoms with van der Waals surface area (Å²) in [5.41, 5.74) is 0.602. The molecule has 2 fully saturated rings. The molecule has 8 nitrogen and oxygen atoms in total. The highest BCUT2D eigenvalue weighted by Crippen LogP contribution is 2.39. The van der Waals surface area contributed by atoms with E-state index >= 15 is 0 Å². The lowest BCUT2D eigenvalue weighted by atomic mass is 9.86. The molecule has 0 spiro atoms. The van der Waals surface area contributed by atoms with E-state index in [2.05, 4.69) is 22.5 Å². The second-order valence-electron chi connectivity index (χ2n) is 8.88. The molecule has 2 atom stereocenters. The van der Waals surface area contributed by atoms with E-state index in [1.807, 2.05) is 28.6 Å². The Morgan fingerprint density at radius 3 is 2.73 bits per heavy atom. The number of likely N-dealkylation sites (tertiary alicyclic amines) is 1. The Kier molecular flexibility index (Phi) is 5.57. The van der Waals surface area contributed by atoms with Crippen LogP contribution in [0.25, 0.3) is 4.96 Å². The first-order valence-corrected chi connectivity index (χ1v) is 11.4. The molecule has 2 N–H and O–H groups in total. The molecule has 162 valence electrons. The number of nitrogens with zero attached hydrogens (tertiary/aromatic N) is 3. The summed E-state index contributed by atoms with van der Waals surface area (Å²) >= 11 is 1.38. The second kappa shape index (κ2) is 8.02. The molecular weight excluding hydrogens is 402 g/mol. The van der Waals surface area contributed by atoms with Crippen molar-refractivity contribution in [1.82, 2.24) is 24.9 Å². The van der Waals surface area contributed by atoms with Gasteiger partial charge in [0.05, 0.1) is 5.69 Å². The van der Waals surface area contributed by atoms with Crippen LogP contribution in [-0.4, -0.2) is 57.2 Å². The van der Waals surface area contributed by atoms with Gasteiger partial charge < -0.3 is 15.5 Å². The SMILES string of the molecule is CC(=O)NC1(CC(=O)N2CCC(C)C(CNC(=O)c3cn4cc(C)nc4s3)C2)CC1. The monoisotopic (exact) mass is 431 g/mol. The topological polar surface area (TPSA) is 95.8 Å². The van der Waals surface area contributed by atoms with Gasteiger partial charge in [-0.2, -0.15) is 0 Å². The first-order valence-electron chi connectivity index (χ1n) is 10.5. The summed E-state index contributed by atoms with van der Waals surface area (Å²) in [4.78, 5) is 44.6. The fraction of sp³-hybridized carbons (Fsp3) is 0.619. The van der Waals surface area contributed by atoms with E-state index in [0.717, 1.165) is 36.5 Å². The van der Waals surface area contributed by atoms with Crippen LogP contribution in [0.3, 0.4) is 0 Å². The van der Waals surface area contributed by atoms with Crippen molar-refractivity contribution >= 4 is 34.0 Å². The Balaban J connectivity index is 1.32. The van der Waals surface area contributed by atoms with Crippen LogP contribution in [0.15, 0.2) is 12.4 Å². The summed E-state index contributed by atoms with van der Waals surface area (Å²) in [6, 6.07) is 0. The number of rotatable bonds is 6. The van der Waals surface area contributed by atoms with Crippen molar-refractivity contribution in [3.05, 3.63) is 23.0 Å². The van der Waals surface area contributed by atoms with Gasteiger partial charge in [-0.25, -0.2) is 4.98 Å². The van der Waals surface area contributed by atoms with Crippen molar-refractivity contribution in [2.24, 2.45) is 11.8 Å². The number of nitrogens with one attached hydrogen (secondary N) is 2. The van der Waals surface area contributed by atoms with Crippen LogP contribution in [0.4, 0.5) is 0 Å². The highest BCUT2D eigenvalue weighted by Gasteiger charge is 2.46. The van der Waals surface area contributed by atoms with Crippen LogP contribution < -0.4 is 10.6 Å². The zero-order chi connectivity index (χ0) is 21.5. The predicted molar refractivity (Wildman–Crippen MR) is 114 cm³/mol. The summed E-state index contributed by atoms with van der Waals surface area (Å²) in [5, 5.41) is 5.99. The lowest BCUT2D eigenvalue weighted by Crippen LogP contribution is -2.49. The number of hydrogen-bond acceptors (Lipinski definition) is 5. The number of hydrogen-bond donors (Lipinski definition) is 2. The number of thiazole rings is 1. The Morgan fingerprint density at radius 2 is 2.07 bits per heavy atom. The van der Waals surface area contributed by atoms with Gasteiger partial charge in [-0.15, -0.1) is 0 Å². The van der Waals surface area contributed by atoms with E-state index in [1.54, 1.807) is 0 Å². The smallest absolute Gasteiger partial charge is 0.263 e. The van der Waals surface area contributed by atoms with Gasteiger partial charge >= 0.3 is 0 Å². The van der Waals surface area contributed by atoms with Crippen molar-refractivity contribution in [2.45, 2.75) is 52.0 Å². The summed E-state index contributed by atoms with van der Waals surface area (Å²) in [5.74, 6) is 0.571. The fourth-order valence-corrected chi connectivity index (χ4v) is 5.17. The lowest BCUT2D eigenvalue weighted by molar-refractivity contribution is -0.134. The minimum absolute atomic E-state index is 0.0793. The third kappa shape index (κ3) is 4.50. The maximum atomic E-state index is 12.8. The number of aromatic nitrogens is 2. The molecule has 2 aliphatic rings. The highest BCUT2D eigenvalue weighted by molar-refractivity contribution is 7.18. The molecule has 1 saturated heterocycles. The molecular formula is C21H29N5O3S. The van der Waals surface area contributed by atoms with Crippen molar-refractivity contribution < 1.29 is 14.4 Å². The molecule has 1 saturated carbocycles. The molecule has 3 amide bonds. The lowest BCUT2D eigenvalue weighted by Gasteiger charge is -2.38. The Labute approximate surface area is 180 Å². The number of aryl methyl sites for hydroxylation is 1. The van der Waals surface area contributed by atoms with Gasteiger partial charge in [0, 0.05) is 50.9 Å². The Bertz CT molecular complexity index is 945. The normalized spacial score (nSPS) is 22.7. The molecule has 9 heteroatoms. The Hall–Kier alpha value is -2.42. The standard InChI is InChI=1S/C21H29N5O3S/c1-13-4-7-25(18(28)8-21(5-6-21)24-15(3)27)11-16(13)9-22-19(29)17-12-26-10-14(2)23-20(26)30-17/h10,12-13,16H,4-9,11H2,1-3H3,(H,22,29)(H,24,27). The summed E-state index contributed by atoms with van der Waals surface area (Å²) < 4.78 is 1.88. The molecule has 3 heterocycles. The maximum absolute atomic E-state index is 12.8. The van der Waals surface area contributed by atoms with Crippen LogP contribution in [-0.2, 0) is 9.59 Å².